The van der Waals surface area contributed by atoms with Gasteiger partial charge in [0.25, 0.3) is 0 Å². The van der Waals surface area contributed by atoms with Crippen molar-refractivity contribution in [1.82, 2.24) is 10.6 Å². The summed E-state index contributed by atoms with van der Waals surface area (Å²) in [5.41, 5.74) is -0.366. The Morgan fingerprint density at radius 3 is 2.92 bits per heavy atom. The quantitative estimate of drug-likeness (QED) is 0.561. The van der Waals surface area contributed by atoms with Crippen molar-refractivity contribution in [3.63, 3.8) is 0 Å². The summed E-state index contributed by atoms with van der Waals surface area (Å²) < 4.78 is 0. The van der Waals surface area contributed by atoms with Crippen LogP contribution in [0.5, 0.6) is 0 Å². The molecule has 1 amide bonds. The highest BCUT2D eigenvalue weighted by molar-refractivity contribution is 5.86. The first-order chi connectivity index (χ1) is 6.25. The minimum Gasteiger partial charge on any atom is -0.395 e. The SMILES string of the molecule is CCC1(C(=O)NCCO)CCCN1. The van der Waals surface area contributed by atoms with Gasteiger partial charge in [0.2, 0.25) is 5.91 Å². The van der Waals surface area contributed by atoms with Gasteiger partial charge in [0.15, 0.2) is 0 Å². The first-order valence-corrected chi connectivity index (χ1v) is 4.89. The van der Waals surface area contributed by atoms with E-state index in [1.54, 1.807) is 0 Å². The van der Waals surface area contributed by atoms with Crippen molar-refractivity contribution in [2.75, 3.05) is 19.7 Å². The summed E-state index contributed by atoms with van der Waals surface area (Å²) in [5, 5.41) is 14.5. The fourth-order valence-electron chi connectivity index (χ4n) is 1.80. The standard InChI is InChI=1S/C9H18N2O2/c1-2-9(4-3-5-11-9)8(13)10-6-7-12/h11-12H,2-7H2,1H3,(H,10,13). The number of carbonyl (C=O) groups is 1. The van der Waals surface area contributed by atoms with Crippen LogP contribution >= 0.6 is 0 Å². The van der Waals surface area contributed by atoms with Gasteiger partial charge in [-0.3, -0.25) is 4.79 Å². The monoisotopic (exact) mass is 186 g/mol. The van der Waals surface area contributed by atoms with Crippen molar-refractivity contribution in [2.24, 2.45) is 0 Å². The lowest BCUT2D eigenvalue weighted by molar-refractivity contribution is -0.127. The maximum absolute atomic E-state index is 11.7. The van der Waals surface area contributed by atoms with Crippen molar-refractivity contribution < 1.29 is 9.90 Å². The number of aliphatic hydroxyl groups is 1. The van der Waals surface area contributed by atoms with E-state index in [-0.39, 0.29) is 18.1 Å². The molecule has 0 spiro atoms. The summed E-state index contributed by atoms with van der Waals surface area (Å²) in [7, 11) is 0. The maximum Gasteiger partial charge on any atom is 0.240 e. The van der Waals surface area contributed by atoms with E-state index < -0.39 is 0 Å². The van der Waals surface area contributed by atoms with Crippen LogP contribution in [0.1, 0.15) is 26.2 Å². The molecule has 0 radical (unpaired) electrons. The van der Waals surface area contributed by atoms with E-state index in [0.717, 1.165) is 25.8 Å². The van der Waals surface area contributed by atoms with Crippen molar-refractivity contribution >= 4 is 5.91 Å². The lowest BCUT2D eigenvalue weighted by atomic mass is 9.93. The number of hydrogen-bond acceptors (Lipinski definition) is 3. The summed E-state index contributed by atoms with van der Waals surface area (Å²) in [4.78, 5) is 11.7. The number of hydrogen-bond donors (Lipinski definition) is 3. The average Bonchev–Trinajstić information content (AvgIpc) is 2.63. The molecule has 1 aliphatic heterocycles. The predicted octanol–water partition coefficient (Wildman–Crippen LogP) is -0.373. The van der Waals surface area contributed by atoms with Gasteiger partial charge in [-0.25, -0.2) is 0 Å². The molecule has 76 valence electrons. The Kier molecular flexibility index (Phi) is 3.69. The van der Waals surface area contributed by atoms with E-state index in [1.165, 1.54) is 0 Å². The Hall–Kier alpha value is -0.610. The molecular weight excluding hydrogens is 168 g/mol. The molecule has 3 N–H and O–H groups in total. The molecule has 1 saturated heterocycles. The highest BCUT2D eigenvalue weighted by Gasteiger charge is 2.38. The molecule has 0 saturated carbocycles. The average molecular weight is 186 g/mol. The molecule has 1 heterocycles. The second kappa shape index (κ2) is 4.58. The van der Waals surface area contributed by atoms with E-state index >= 15 is 0 Å². The van der Waals surface area contributed by atoms with Gasteiger partial charge in [-0.2, -0.15) is 0 Å². The Morgan fingerprint density at radius 1 is 1.69 bits per heavy atom. The lowest BCUT2D eigenvalue weighted by Crippen LogP contribution is -2.53. The second-order valence-corrected chi connectivity index (χ2v) is 3.45. The van der Waals surface area contributed by atoms with Gasteiger partial charge < -0.3 is 15.7 Å². The largest absolute Gasteiger partial charge is 0.395 e. The van der Waals surface area contributed by atoms with Gasteiger partial charge >= 0.3 is 0 Å². The summed E-state index contributed by atoms with van der Waals surface area (Å²) in [6.07, 6.45) is 2.77. The molecule has 1 fully saturated rings. The van der Waals surface area contributed by atoms with E-state index in [9.17, 15) is 4.79 Å². The molecule has 0 aromatic rings. The third kappa shape index (κ3) is 2.19. The van der Waals surface area contributed by atoms with Crippen LogP contribution in [0.3, 0.4) is 0 Å². The van der Waals surface area contributed by atoms with Crippen LogP contribution < -0.4 is 10.6 Å². The zero-order valence-electron chi connectivity index (χ0n) is 8.10. The van der Waals surface area contributed by atoms with Crippen molar-refractivity contribution in [1.29, 1.82) is 0 Å². The van der Waals surface area contributed by atoms with Crippen LogP contribution in [0.25, 0.3) is 0 Å². The van der Waals surface area contributed by atoms with E-state index in [4.69, 9.17) is 5.11 Å². The van der Waals surface area contributed by atoms with E-state index in [1.807, 2.05) is 6.92 Å². The van der Waals surface area contributed by atoms with Crippen molar-refractivity contribution in [3.05, 3.63) is 0 Å². The number of rotatable bonds is 4. The topological polar surface area (TPSA) is 61.4 Å². The fourth-order valence-corrected chi connectivity index (χ4v) is 1.80. The summed E-state index contributed by atoms with van der Waals surface area (Å²) in [6, 6.07) is 0. The summed E-state index contributed by atoms with van der Waals surface area (Å²) >= 11 is 0. The zero-order valence-corrected chi connectivity index (χ0v) is 8.10. The van der Waals surface area contributed by atoms with Gasteiger partial charge in [-0.15, -0.1) is 0 Å². The minimum absolute atomic E-state index is 0.00549. The molecule has 1 unspecified atom stereocenters. The Morgan fingerprint density at radius 2 is 2.46 bits per heavy atom. The van der Waals surface area contributed by atoms with Crippen LogP contribution in [0.4, 0.5) is 0 Å². The highest BCUT2D eigenvalue weighted by atomic mass is 16.3. The molecule has 0 bridgehead atoms. The predicted molar refractivity (Wildman–Crippen MR) is 50.4 cm³/mol. The summed E-state index contributed by atoms with van der Waals surface area (Å²) in [6.45, 7) is 3.28. The molecule has 0 aromatic heterocycles. The number of nitrogens with one attached hydrogen (secondary N) is 2. The first-order valence-electron chi connectivity index (χ1n) is 4.89. The van der Waals surface area contributed by atoms with Crippen molar-refractivity contribution in [2.45, 2.75) is 31.7 Å². The number of aliphatic hydroxyl groups excluding tert-OH is 1. The minimum atomic E-state index is -0.366. The molecule has 1 rings (SSSR count). The molecule has 0 aliphatic carbocycles. The van der Waals surface area contributed by atoms with Crippen LogP contribution in [0.15, 0.2) is 0 Å². The molecule has 4 heteroatoms. The van der Waals surface area contributed by atoms with Crippen LogP contribution in [-0.2, 0) is 4.79 Å². The van der Waals surface area contributed by atoms with Crippen molar-refractivity contribution in [3.8, 4) is 0 Å². The number of carbonyl (C=O) groups excluding carboxylic acids is 1. The Labute approximate surface area is 78.7 Å². The van der Waals surface area contributed by atoms with Gasteiger partial charge in [0.05, 0.1) is 12.1 Å². The molecule has 13 heavy (non-hydrogen) atoms. The van der Waals surface area contributed by atoms with Crippen LogP contribution in [0, 0.1) is 0 Å². The normalized spacial score (nSPS) is 27.5. The maximum atomic E-state index is 11.7. The molecule has 4 nitrogen and oxygen atoms in total. The third-order valence-electron chi connectivity index (χ3n) is 2.68. The third-order valence-corrected chi connectivity index (χ3v) is 2.68. The molecule has 1 atom stereocenters. The second-order valence-electron chi connectivity index (χ2n) is 3.45. The van der Waals surface area contributed by atoms with Gasteiger partial charge in [0, 0.05) is 6.54 Å². The van der Waals surface area contributed by atoms with E-state index in [2.05, 4.69) is 10.6 Å². The summed E-state index contributed by atoms with van der Waals surface area (Å²) in [5.74, 6) is 0.0292. The van der Waals surface area contributed by atoms with Crippen LogP contribution in [-0.4, -0.2) is 36.2 Å². The Balaban J connectivity index is 2.49. The first kappa shape index (κ1) is 10.5. The Bertz CT molecular complexity index is 176. The molecule has 0 aromatic carbocycles. The fraction of sp³-hybridized carbons (Fsp3) is 0.889. The van der Waals surface area contributed by atoms with Gasteiger partial charge in [-0.05, 0) is 25.8 Å². The molecule has 1 aliphatic rings. The van der Waals surface area contributed by atoms with E-state index in [0.29, 0.717) is 6.54 Å². The lowest BCUT2D eigenvalue weighted by Gasteiger charge is -2.26. The highest BCUT2D eigenvalue weighted by Crippen LogP contribution is 2.22. The molecular formula is C9H18N2O2. The van der Waals surface area contributed by atoms with Gasteiger partial charge in [-0.1, -0.05) is 6.92 Å². The number of amides is 1. The zero-order chi connectivity index (χ0) is 9.73. The van der Waals surface area contributed by atoms with Gasteiger partial charge in [0.1, 0.15) is 0 Å². The smallest absolute Gasteiger partial charge is 0.240 e. The van der Waals surface area contributed by atoms with Crippen LogP contribution in [0.2, 0.25) is 0 Å².